The van der Waals surface area contributed by atoms with E-state index in [1.807, 2.05) is 36.4 Å². The Morgan fingerprint density at radius 2 is 1.73 bits per heavy atom. The van der Waals surface area contributed by atoms with Crippen molar-refractivity contribution in [3.63, 3.8) is 0 Å². The highest BCUT2D eigenvalue weighted by atomic mass is 32.2. The van der Waals surface area contributed by atoms with Gasteiger partial charge in [0, 0.05) is 19.7 Å². The van der Waals surface area contributed by atoms with Crippen LogP contribution in [0.5, 0.6) is 5.75 Å². The van der Waals surface area contributed by atoms with Crippen LogP contribution < -0.4 is 14.5 Å². The van der Waals surface area contributed by atoms with Crippen molar-refractivity contribution in [2.45, 2.75) is 12.5 Å². The molecule has 8 nitrogen and oxygen atoms in total. The quantitative estimate of drug-likeness (QED) is 0.144. The normalized spacial score (nSPS) is 14.6. The molecule has 4 aromatic rings. The molecule has 0 saturated carbocycles. The lowest BCUT2D eigenvalue weighted by atomic mass is 9.98. The number of nitrogens with one attached hydrogen (secondary N) is 1. The Labute approximate surface area is 234 Å². The van der Waals surface area contributed by atoms with Crippen LogP contribution in [0.25, 0.3) is 0 Å². The highest BCUT2D eigenvalue weighted by Crippen LogP contribution is 2.35. The van der Waals surface area contributed by atoms with Gasteiger partial charge in [0.25, 0.3) is 5.91 Å². The molecule has 0 saturated heterocycles. The number of carbonyl (C=O) groups is 1. The Balaban J connectivity index is 1.29. The van der Waals surface area contributed by atoms with Gasteiger partial charge in [-0.05, 0) is 59.7 Å². The van der Waals surface area contributed by atoms with E-state index in [4.69, 9.17) is 14.1 Å². The molecule has 0 bridgehead atoms. The maximum atomic E-state index is 14.0. The number of aromatic nitrogens is 1. The van der Waals surface area contributed by atoms with E-state index in [0.717, 1.165) is 34.8 Å². The number of anilines is 2. The number of carbonyl (C=O) groups excluding carboxylic acids is 1. The first-order valence-corrected chi connectivity index (χ1v) is 13.0. The maximum Gasteiger partial charge on any atom is 0.293 e. The minimum atomic E-state index is -0.691. The van der Waals surface area contributed by atoms with Crippen LogP contribution in [-0.2, 0) is 4.28 Å². The fourth-order valence-corrected chi connectivity index (χ4v) is 4.74. The molecule has 1 amide bonds. The molecule has 1 N–H and O–H groups in total. The number of methoxy groups -OCH3 is 1. The van der Waals surface area contributed by atoms with E-state index in [0.29, 0.717) is 17.8 Å². The van der Waals surface area contributed by atoms with E-state index >= 15 is 0 Å². The van der Waals surface area contributed by atoms with E-state index in [9.17, 15) is 13.6 Å². The first-order valence-electron chi connectivity index (χ1n) is 12.3. The number of rotatable bonds is 9. The largest absolute Gasteiger partial charge is 0.497 e. The van der Waals surface area contributed by atoms with E-state index < -0.39 is 11.6 Å². The molecule has 11 heteroatoms. The molecule has 1 atom stereocenters. The van der Waals surface area contributed by atoms with E-state index in [1.165, 1.54) is 34.6 Å². The second-order valence-corrected chi connectivity index (χ2v) is 9.67. The number of amides is 1. The zero-order valence-electron chi connectivity index (χ0n) is 21.6. The van der Waals surface area contributed by atoms with Crippen LogP contribution >= 0.6 is 12.2 Å². The van der Waals surface area contributed by atoms with Crippen LogP contribution in [0.1, 0.15) is 34.1 Å². The van der Waals surface area contributed by atoms with E-state index in [1.54, 1.807) is 43.6 Å². The molecular weight excluding hydrogens is 536 g/mol. The minimum Gasteiger partial charge on any atom is -0.497 e. The predicted octanol–water partition coefficient (Wildman–Crippen LogP) is 6.40. The summed E-state index contributed by atoms with van der Waals surface area (Å²) in [6, 6.07) is 23.4. The third-order valence-electron chi connectivity index (χ3n) is 6.28. The van der Waals surface area contributed by atoms with Crippen molar-refractivity contribution in [1.29, 1.82) is 0 Å². The van der Waals surface area contributed by atoms with Crippen molar-refractivity contribution in [2.75, 3.05) is 23.9 Å². The van der Waals surface area contributed by atoms with Crippen molar-refractivity contribution in [3.05, 3.63) is 120 Å². The summed E-state index contributed by atoms with van der Waals surface area (Å²) in [6.07, 6.45) is 2.08. The molecule has 0 fully saturated rings. The van der Waals surface area contributed by atoms with Crippen molar-refractivity contribution in [3.8, 4) is 5.75 Å². The predicted molar refractivity (Wildman–Crippen MR) is 151 cm³/mol. The number of benzene rings is 3. The Bertz CT molecular complexity index is 1480. The van der Waals surface area contributed by atoms with E-state index in [2.05, 4.69) is 10.5 Å². The lowest BCUT2D eigenvalue weighted by Crippen LogP contribution is -2.27. The monoisotopic (exact) mass is 561 g/mol. The number of hydrazone groups is 1. The van der Waals surface area contributed by atoms with Crippen LogP contribution in [0.2, 0.25) is 0 Å². The van der Waals surface area contributed by atoms with Gasteiger partial charge in [0.05, 0.1) is 24.6 Å². The van der Waals surface area contributed by atoms with Gasteiger partial charge in [-0.3, -0.25) is 19.6 Å². The molecule has 40 heavy (non-hydrogen) atoms. The highest BCUT2D eigenvalue weighted by molar-refractivity contribution is 7.96. The summed E-state index contributed by atoms with van der Waals surface area (Å²) in [7, 11) is 3.10. The summed E-state index contributed by atoms with van der Waals surface area (Å²) in [5.74, 6) is -0.956. The number of ether oxygens (including phenoxy) is 1. The maximum absolute atomic E-state index is 14.0. The van der Waals surface area contributed by atoms with Gasteiger partial charge in [-0.25, -0.2) is 13.8 Å². The van der Waals surface area contributed by atoms with Gasteiger partial charge >= 0.3 is 0 Å². The average Bonchev–Trinajstić information content (AvgIpc) is 3.43. The molecule has 3 aromatic carbocycles. The average molecular weight is 562 g/mol. The molecule has 1 aliphatic heterocycles. The summed E-state index contributed by atoms with van der Waals surface area (Å²) in [5.41, 5.74) is 5.95. The van der Waals surface area contributed by atoms with Gasteiger partial charge in [-0.1, -0.05) is 36.4 Å². The molecular formula is C29H25F2N5O3S. The highest BCUT2D eigenvalue weighted by Gasteiger charge is 2.34. The molecule has 0 spiro atoms. The van der Waals surface area contributed by atoms with Crippen LogP contribution in [0.3, 0.4) is 0 Å². The third-order valence-corrected chi connectivity index (χ3v) is 6.85. The zero-order chi connectivity index (χ0) is 28.1. The van der Waals surface area contributed by atoms with Gasteiger partial charge in [0.2, 0.25) is 0 Å². The molecule has 5 rings (SSSR count). The van der Waals surface area contributed by atoms with Gasteiger partial charge in [0.1, 0.15) is 41.0 Å². The van der Waals surface area contributed by atoms with Crippen molar-refractivity contribution in [1.82, 2.24) is 9.99 Å². The Morgan fingerprint density at radius 3 is 2.38 bits per heavy atom. The number of hydrogen-bond donors (Lipinski definition) is 1. The van der Waals surface area contributed by atoms with Gasteiger partial charge in [0.15, 0.2) is 0 Å². The number of nitrogens with zero attached hydrogens (tertiary/aromatic N) is 4. The molecule has 204 valence electrons. The molecule has 0 aliphatic carbocycles. The lowest BCUT2D eigenvalue weighted by molar-refractivity contribution is 0.0705. The smallest absolute Gasteiger partial charge is 0.293 e. The third kappa shape index (κ3) is 5.90. The standard InChI is InChI=1S/C29H25F2N5O3S/c1-35(28-23(30)6-5-7-24(28)31)40-39-34-21-13-9-19(10-14-21)26-18-27(20-11-15-22(38-2)16-12-20)36(33-26)29(37)25-8-3-4-17-32-25/h3-17,27,34H,18H2,1-2H3. The van der Waals surface area contributed by atoms with Crippen molar-refractivity contribution in [2.24, 2.45) is 5.10 Å². The van der Waals surface area contributed by atoms with Crippen molar-refractivity contribution >= 4 is 35.2 Å². The Hall–Kier alpha value is -4.48. The summed E-state index contributed by atoms with van der Waals surface area (Å²) >= 11 is 0.744. The Kier molecular flexibility index (Phi) is 8.23. The summed E-state index contributed by atoms with van der Waals surface area (Å²) < 4.78 is 39.8. The summed E-state index contributed by atoms with van der Waals surface area (Å²) in [4.78, 5) is 17.6. The van der Waals surface area contributed by atoms with Crippen molar-refractivity contribution < 1.29 is 22.6 Å². The molecule has 1 unspecified atom stereocenters. The molecule has 2 heterocycles. The first kappa shape index (κ1) is 27.1. The van der Waals surface area contributed by atoms with Gasteiger partial charge in [-0.2, -0.15) is 9.39 Å². The second kappa shape index (κ2) is 12.1. The molecule has 1 aliphatic rings. The number of pyridine rings is 1. The number of halogens is 2. The van der Waals surface area contributed by atoms with Gasteiger partial charge < -0.3 is 4.74 Å². The second-order valence-electron chi connectivity index (χ2n) is 8.81. The Morgan fingerprint density at radius 1 is 1.00 bits per heavy atom. The van der Waals surface area contributed by atoms with Crippen LogP contribution in [0, 0.1) is 11.6 Å². The fraction of sp³-hybridized carbons (Fsp3) is 0.138. The summed E-state index contributed by atoms with van der Waals surface area (Å²) in [5, 5.41) is 6.17. The lowest BCUT2D eigenvalue weighted by Gasteiger charge is -2.21. The summed E-state index contributed by atoms with van der Waals surface area (Å²) in [6.45, 7) is 0. The zero-order valence-corrected chi connectivity index (χ0v) is 22.4. The van der Waals surface area contributed by atoms with Crippen LogP contribution in [0.15, 0.2) is 96.2 Å². The first-order chi connectivity index (χ1) is 19.4. The van der Waals surface area contributed by atoms with Crippen LogP contribution in [-0.4, -0.2) is 35.8 Å². The SMILES string of the molecule is COc1ccc(C2CC(c3ccc(NOSN(C)c4c(F)cccc4F)cc3)=NN2C(=O)c2ccccn2)cc1. The topological polar surface area (TPSA) is 79.3 Å². The van der Waals surface area contributed by atoms with Gasteiger partial charge in [-0.15, -0.1) is 0 Å². The van der Waals surface area contributed by atoms with E-state index in [-0.39, 0.29) is 17.6 Å². The molecule has 0 radical (unpaired) electrons. The minimum absolute atomic E-state index is 0.208. The number of para-hydroxylation sites is 1. The van der Waals surface area contributed by atoms with Crippen LogP contribution in [0.4, 0.5) is 20.2 Å². The fourth-order valence-electron chi connectivity index (χ4n) is 4.24. The number of hydrogen-bond acceptors (Lipinski definition) is 8. The molecule has 1 aromatic heterocycles.